The van der Waals surface area contributed by atoms with Gasteiger partial charge in [0.2, 0.25) is 5.91 Å². The van der Waals surface area contributed by atoms with Gasteiger partial charge in [-0.2, -0.15) is 0 Å². The molecule has 3 aromatic rings. The van der Waals surface area contributed by atoms with Crippen molar-refractivity contribution < 1.29 is 4.79 Å². The molecule has 1 amide bonds. The summed E-state index contributed by atoms with van der Waals surface area (Å²) in [6.45, 7) is 2.19. The second-order valence-electron chi connectivity index (χ2n) is 5.92. The van der Waals surface area contributed by atoms with Crippen molar-refractivity contribution in [2.24, 2.45) is 0 Å². The maximum Gasteiger partial charge on any atom is 0.222 e. The number of amides is 1. The third-order valence-electron chi connectivity index (χ3n) is 4.22. The molecule has 0 aliphatic carbocycles. The summed E-state index contributed by atoms with van der Waals surface area (Å²) in [5, 5.41) is 3.32. The molecule has 122 valence electrons. The molecule has 0 spiro atoms. The number of anilines is 1. The molecular weight excluding hydrogens is 304 g/mol. The highest BCUT2D eigenvalue weighted by Gasteiger charge is 2.19. The second kappa shape index (κ2) is 6.27. The van der Waals surface area contributed by atoms with E-state index in [1.165, 1.54) is 6.33 Å². The molecule has 1 aliphatic heterocycles. The normalized spacial score (nSPS) is 14.5. The zero-order valence-electron chi connectivity index (χ0n) is 13.2. The van der Waals surface area contributed by atoms with E-state index in [1.54, 1.807) is 6.33 Å². The van der Waals surface area contributed by atoms with E-state index < -0.39 is 0 Å². The average Bonchev–Trinajstić information content (AvgIpc) is 3.23. The fourth-order valence-electron chi connectivity index (χ4n) is 3.01. The number of hydrogen-bond acceptors (Lipinski definition) is 5. The number of hydrogen-bond donors (Lipinski definition) is 2. The minimum atomic E-state index is 0.251. The number of fused-ring (bicyclic) bond motifs is 1. The molecule has 3 heterocycles. The summed E-state index contributed by atoms with van der Waals surface area (Å²) in [6.07, 6.45) is 4.75. The van der Waals surface area contributed by atoms with Crippen LogP contribution in [0.1, 0.15) is 24.0 Å². The monoisotopic (exact) mass is 322 g/mol. The van der Waals surface area contributed by atoms with Gasteiger partial charge in [-0.15, -0.1) is 0 Å². The Hall–Kier alpha value is -2.96. The van der Waals surface area contributed by atoms with Crippen molar-refractivity contribution >= 4 is 22.9 Å². The van der Waals surface area contributed by atoms with Crippen molar-refractivity contribution in [3.05, 3.63) is 48.0 Å². The summed E-state index contributed by atoms with van der Waals surface area (Å²) in [5.74, 6) is 0.985. The van der Waals surface area contributed by atoms with E-state index in [4.69, 9.17) is 0 Å². The summed E-state index contributed by atoms with van der Waals surface area (Å²) >= 11 is 0. The highest BCUT2D eigenvalue weighted by atomic mass is 16.2. The fourth-order valence-corrected chi connectivity index (χ4v) is 3.01. The van der Waals surface area contributed by atoms with Gasteiger partial charge in [-0.25, -0.2) is 15.0 Å². The Labute approximate surface area is 139 Å². The number of benzene rings is 1. The molecule has 2 N–H and O–H groups in total. The minimum Gasteiger partial charge on any atom is -0.364 e. The first-order valence-electron chi connectivity index (χ1n) is 8.03. The third-order valence-corrected chi connectivity index (χ3v) is 4.22. The van der Waals surface area contributed by atoms with Crippen LogP contribution in [0, 0.1) is 0 Å². The predicted octanol–water partition coefficient (Wildman–Crippen LogP) is 2.09. The molecule has 0 radical (unpaired) electrons. The maximum atomic E-state index is 11.8. The van der Waals surface area contributed by atoms with Crippen LogP contribution < -0.4 is 5.32 Å². The highest BCUT2D eigenvalue weighted by Crippen LogP contribution is 2.17. The van der Waals surface area contributed by atoms with Crippen LogP contribution in [0.2, 0.25) is 0 Å². The largest absolute Gasteiger partial charge is 0.364 e. The minimum absolute atomic E-state index is 0.251. The van der Waals surface area contributed by atoms with Gasteiger partial charge in [-0.3, -0.25) is 4.79 Å². The second-order valence-corrected chi connectivity index (χ2v) is 5.92. The number of imidazole rings is 1. The van der Waals surface area contributed by atoms with Crippen LogP contribution in [0.15, 0.2) is 36.9 Å². The molecule has 1 fully saturated rings. The Morgan fingerprint density at radius 3 is 3.00 bits per heavy atom. The molecule has 7 heteroatoms. The van der Waals surface area contributed by atoms with Crippen molar-refractivity contribution in [3.63, 3.8) is 0 Å². The molecule has 0 atom stereocenters. The van der Waals surface area contributed by atoms with Crippen LogP contribution in [0.25, 0.3) is 11.2 Å². The third kappa shape index (κ3) is 2.92. The molecule has 0 unspecified atom stereocenters. The Balaban J connectivity index is 1.46. The van der Waals surface area contributed by atoms with Gasteiger partial charge < -0.3 is 15.2 Å². The number of aromatic amines is 1. The van der Waals surface area contributed by atoms with Gasteiger partial charge in [-0.1, -0.05) is 24.3 Å². The predicted molar refractivity (Wildman–Crippen MR) is 90.1 cm³/mol. The van der Waals surface area contributed by atoms with Crippen LogP contribution >= 0.6 is 0 Å². The van der Waals surface area contributed by atoms with E-state index in [2.05, 4.69) is 43.5 Å². The maximum absolute atomic E-state index is 11.8. The van der Waals surface area contributed by atoms with Gasteiger partial charge in [0, 0.05) is 26.1 Å². The van der Waals surface area contributed by atoms with Gasteiger partial charge in [0.25, 0.3) is 0 Å². The smallest absolute Gasteiger partial charge is 0.222 e. The first-order chi connectivity index (χ1) is 11.8. The van der Waals surface area contributed by atoms with Crippen LogP contribution in [-0.4, -0.2) is 37.3 Å². The lowest BCUT2D eigenvalue weighted by Crippen LogP contribution is -2.23. The zero-order valence-corrected chi connectivity index (χ0v) is 13.2. The average molecular weight is 322 g/mol. The molecule has 1 aliphatic rings. The van der Waals surface area contributed by atoms with E-state index in [0.29, 0.717) is 25.2 Å². The number of H-pyrrole nitrogens is 1. The van der Waals surface area contributed by atoms with E-state index in [1.807, 2.05) is 11.0 Å². The summed E-state index contributed by atoms with van der Waals surface area (Å²) in [6, 6.07) is 8.28. The van der Waals surface area contributed by atoms with E-state index in [-0.39, 0.29) is 5.91 Å². The molecule has 2 aromatic heterocycles. The van der Waals surface area contributed by atoms with Gasteiger partial charge in [-0.05, 0) is 17.5 Å². The number of aromatic nitrogens is 4. The Bertz CT molecular complexity index is 874. The van der Waals surface area contributed by atoms with E-state index >= 15 is 0 Å². The van der Waals surface area contributed by atoms with Crippen molar-refractivity contribution in [2.75, 3.05) is 11.9 Å². The lowest BCUT2D eigenvalue weighted by molar-refractivity contribution is -0.128. The molecule has 0 saturated carbocycles. The quantitative estimate of drug-likeness (QED) is 0.751. The van der Waals surface area contributed by atoms with E-state index in [9.17, 15) is 4.79 Å². The number of rotatable bonds is 5. The van der Waals surface area contributed by atoms with E-state index in [0.717, 1.165) is 35.4 Å². The summed E-state index contributed by atoms with van der Waals surface area (Å²) in [5.41, 5.74) is 3.74. The highest BCUT2D eigenvalue weighted by molar-refractivity contribution is 5.81. The van der Waals surface area contributed by atoms with Crippen molar-refractivity contribution in [1.82, 2.24) is 24.8 Å². The molecule has 4 rings (SSSR count). The van der Waals surface area contributed by atoms with Crippen molar-refractivity contribution in [1.29, 1.82) is 0 Å². The van der Waals surface area contributed by atoms with Gasteiger partial charge in [0.1, 0.15) is 11.8 Å². The van der Waals surface area contributed by atoms with Gasteiger partial charge >= 0.3 is 0 Å². The summed E-state index contributed by atoms with van der Waals surface area (Å²) in [4.78, 5) is 29.2. The first-order valence-corrected chi connectivity index (χ1v) is 8.03. The van der Waals surface area contributed by atoms with Crippen LogP contribution in [0.3, 0.4) is 0 Å². The zero-order chi connectivity index (χ0) is 16.4. The SMILES string of the molecule is O=C1CCCN1Cc1cccc(CNc2ncnc3nc[nH]c23)c1. The topological polar surface area (TPSA) is 86.8 Å². The van der Waals surface area contributed by atoms with Crippen LogP contribution in [-0.2, 0) is 17.9 Å². The molecule has 7 nitrogen and oxygen atoms in total. The fraction of sp³-hybridized carbons (Fsp3) is 0.294. The molecule has 1 aromatic carbocycles. The summed E-state index contributed by atoms with van der Waals surface area (Å²) < 4.78 is 0. The summed E-state index contributed by atoms with van der Waals surface area (Å²) in [7, 11) is 0. The lowest BCUT2D eigenvalue weighted by atomic mass is 10.1. The number of nitrogens with zero attached hydrogens (tertiary/aromatic N) is 4. The number of nitrogens with one attached hydrogen (secondary N) is 2. The van der Waals surface area contributed by atoms with Crippen molar-refractivity contribution in [3.8, 4) is 0 Å². The molecule has 24 heavy (non-hydrogen) atoms. The molecular formula is C17H18N6O. The molecule has 1 saturated heterocycles. The van der Waals surface area contributed by atoms with Crippen LogP contribution in [0.4, 0.5) is 5.82 Å². The Kier molecular flexibility index (Phi) is 3.82. The van der Waals surface area contributed by atoms with Gasteiger partial charge in [0.05, 0.1) is 6.33 Å². The number of carbonyl (C=O) groups excluding carboxylic acids is 1. The van der Waals surface area contributed by atoms with Crippen LogP contribution in [0.5, 0.6) is 0 Å². The number of likely N-dealkylation sites (tertiary alicyclic amines) is 1. The van der Waals surface area contributed by atoms with Crippen molar-refractivity contribution in [2.45, 2.75) is 25.9 Å². The van der Waals surface area contributed by atoms with Gasteiger partial charge in [0.15, 0.2) is 11.5 Å². The first kappa shape index (κ1) is 14.6. The molecule has 0 bridgehead atoms. The number of carbonyl (C=O) groups is 1. The Morgan fingerprint density at radius 1 is 1.21 bits per heavy atom. The Morgan fingerprint density at radius 2 is 2.12 bits per heavy atom. The lowest BCUT2D eigenvalue weighted by Gasteiger charge is -2.16. The standard InChI is InChI=1S/C17H18N6O/c24-14-5-2-6-23(14)9-13-4-1-3-12(7-13)8-18-16-15-17(20-10-19-15)22-11-21-16/h1,3-4,7,10-11H,2,5-6,8-9H2,(H2,18,19,20,21,22).